The highest BCUT2D eigenvalue weighted by molar-refractivity contribution is 6.06. The van der Waals surface area contributed by atoms with Crippen molar-refractivity contribution in [2.75, 3.05) is 5.32 Å². The van der Waals surface area contributed by atoms with Gasteiger partial charge in [0.2, 0.25) is 0 Å². The first-order valence-electron chi connectivity index (χ1n) is 7.58. The summed E-state index contributed by atoms with van der Waals surface area (Å²) in [7, 11) is 0. The van der Waals surface area contributed by atoms with Crippen molar-refractivity contribution in [3.05, 3.63) is 52.8 Å². The van der Waals surface area contributed by atoms with E-state index in [0.717, 1.165) is 11.4 Å². The van der Waals surface area contributed by atoms with Crippen molar-refractivity contribution in [3.63, 3.8) is 0 Å². The average Bonchev–Trinajstić information content (AvgIpc) is 3.25. The van der Waals surface area contributed by atoms with Gasteiger partial charge in [0.25, 0.3) is 5.91 Å². The summed E-state index contributed by atoms with van der Waals surface area (Å²) in [5.41, 5.74) is 4.09. The van der Waals surface area contributed by atoms with Crippen molar-refractivity contribution in [1.82, 2.24) is 4.57 Å². The minimum atomic E-state index is -0.124. The van der Waals surface area contributed by atoms with Crippen LogP contribution >= 0.6 is 0 Å². The molecule has 1 aliphatic rings. The van der Waals surface area contributed by atoms with E-state index in [-0.39, 0.29) is 11.7 Å². The van der Waals surface area contributed by atoms with Crippen LogP contribution in [0.4, 0.5) is 5.69 Å². The molecule has 1 saturated carbocycles. The molecule has 0 aliphatic heterocycles. The van der Waals surface area contributed by atoms with E-state index in [0.29, 0.717) is 22.9 Å². The zero-order valence-electron chi connectivity index (χ0n) is 13.1. The first-order valence-corrected chi connectivity index (χ1v) is 7.58. The Balaban J connectivity index is 1.84. The number of carbonyl (C=O) groups is 2. The van der Waals surface area contributed by atoms with Crippen molar-refractivity contribution < 1.29 is 9.59 Å². The SMILES string of the molecule is CC(=O)c1cccc(NC(=O)c2cc(C)n(C3CC3)c2C)c1. The Morgan fingerprint density at radius 1 is 1.18 bits per heavy atom. The van der Waals surface area contributed by atoms with Crippen LogP contribution in [0.25, 0.3) is 0 Å². The predicted molar refractivity (Wildman–Crippen MR) is 86.6 cm³/mol. The summed E-state index contributed by atoms with van der Waals surface area (Å²) in [6.07, 6.45) is 2.39. The molecule has 0 unspecified atom stereocenters. The number of carbonyl (C=O) groups excluding carboxylic acids is 2. The van der Waals surface area contributed by atoms with Crippen molar-refractivity contribution in [2.24, 2.45) is 0 Å². The number of amides is 1. The molecule has 0 bridgehead atoms. The Labute approximate surface area is 130 Å². The van der Waals surface area contributed by atoms with Crippen LogP contribution in [0.1, 0.15) is 57.9 Å². The molecule has 4 heteroatoms. The predicted octanol–water partition coefficient (Wildman–Crippen LogP) is 3.89. The summed E-state index contributed by atoms with van der Waals surface area (Å²) in [6, 6.07) is 9.53. The molecule has 114 valence electrons. The molecule has 1 amide bonds. The number of rotatable bonds is 4. The summed E-state index contributed by atoms with van der Waals surface area (Å²) >= 11 is 0. The quantitative estimate of drug-likeness (QED) is 0.870. The number of nitrogens with one attached hydrogen (secondary N) is 1. The second-order valence-electron chi connectivity index (χ2n) is 5.98. The molecule has 0 atom stereocenters. The van der Waals surface area contributed by atoms with Gasteiger partial charge in [-0.1, -0.05) is 12.1 Å². The number of hydrogen-bond acceptors (Lipinski definition) is 2. The van der Waals surface area contributed by atoms with Crippen LogP contribution in [0.5, 0.6) is 0 Å². The van der Waals surface area contributed by atoms with Gasteiger partial charge in [-0.2, -0.15) is 0 Å². The minimum Gasteiger partial charge on any atom is -0.345 e. The Morgan fingerprint density at radius 3 is 2.55 bits per heavy atom. The Kier molecular flexibility index (Phi) is 3.61. The van der Waals surface area contributed by atoms with Gasteiger partial charge in [0.15, 0.2) is 5.78 Å². The van der Waals surface area contributed by atoms with E-state index in [1.54, 1.807) is 24.3 Å². The summed E-state index contributed by atoms with van der Waals surface area (Å²) in [5, 5.41) is 2.89. The number of anilines is 1. The molecule has 1 N–H and O–H groups in total. The van der Waals surface area contributed by atoms with Crippen LogP contribution in [0.3, 0.4) is 0 Å². The summed E-state index contributed by atoms with van der Waals surface area (Å²) in [5.74, 6) is -0.135. The van der Waals surface area contributed by atoms with Crippen molar-refractivity contribution in [2.45, 2.75) is 39.7 Å². The second-order valence-corrected chi connectivity index (χ2v) is 5.98. The fraction of sp³-hybridized carbons (Fsp3) is 0.333. The first-order chi connectivity index (χ1) is 10.5. The zero-order valence-corrected chi connectivity index (χ0v) is 13.1. The zero-order chi connectivity index (χ0) is 15.9. The Bertz CT molecular complexity index is 754. The average molecular weight is 296 g/mol. The van der Waals surface area contributed by atoms with Crippen LogP contribution < -0.4 is 5.32 Å². The van der Waals surface area contributed by atoms with E-state index in [4.69, 9.17) is 0 Å². The molecule has 1 aromatic carbocycles. The van der Waals surface area contributed by atoms with Gasteiger partial charge < -0.3 is 9.88 Å². The van der Waals surface area contributed by atoms with Crippen molar-refractivity contribution in [1.29, 1.82) is 0 Å². The van der Waals surface area contributed by atoms with E-state index >= 15 is 0 Å². The van der Waals surface area contributed by atoms with Gasteiger partial charge in [0.1, 0.15) is 0 Å². The molecule has 0 radical (unpaired) electrons. The van der Waals surface area contributed by atoms with Crippen molar-refractivity contribution in [3.8, 4) is 0 Å². The van der Waals surface area contributed by atoms with E-state index in [1.165, 1.54) is 19.8 Å². The molecule has 1 aliphatic carbocycles. The lowest BCUT2D eigenvalue weighted by Gasteiger charge is -2.09. The largest absolute Gasteiger partial charge is 0.345 e. The number of ketones is 1. The first kappa shape index (κ1) is 14.6. The molecule has 22 heavy (non-hydrogen) atoms. The fourth-order valence-electron chi connectivity index (χ4n) is 2.92. The topological polar surface area (TPSA) is 51.1 Å². The second kappa shape index (κ2) is 5.44. The molecular weight excluding hydrogens is 276 g/mol. The minimum absolute atomic E-state index is 0.0111. The summed E-state index contributed by atoms with van der Waals surface area (Å²) in [4.78, 5) is 23.9. The number of Topliss-reactive ketones (excluding diaryl/α,β-unsaturated/α-hetero) is 1. The molecule has 4 nitrogen and oxygen atoms in total. The lowest BCUT2D eigenvalue weighted by molar-refractivity contribution is 0.101. The van der Waals surface area contributed by atoms with Crippen molar-refractivity contribution >= 4 is 17.4 Å². The van der Waals surface area contributed by atoms with E-state index in [9.17, 15) is 9.59 Å². The standard InChI is InChI=1S/C18H20N2O2/c1-11-9-17(12(2)20(11)16-7-8-16)18(22)19-15-6-4-5-14(10-15)13(3)21/h4-6,9-10,16H,7-8H2,1-3H3,(H,19,22). The smallest absolute Gasteiger partial charge is 0.257 e. The van der Waals surface area contributed by atoms with Gasteiger partial charge in [-0.05, 0) is 51.8 Å². The monoisotopic (exact) mass is 296 g/mol. The lowest BCUT2D eigenvalue weighted by atomic mass is 10.1. The molecular formula is C18H20N2O2. The third-order valence-electron chi connectivity index (χ3n) is 4.17. The highest BCUT2D eigenvalue weighted by Gasteiger charge is 2.28. The Hall–Kier alpha value is -2.36. The highest BCUT2D eigenvalue weighted by atomic mass is 16.1. The molecule has 3 rings (SSSR count). The normalized spacial score (nSPS) is 14.0. The van der Waals surface area contributed by atoms with Gasteiger partial charge in [0, 0.05) is 28.7 Å². The van der Waals surface area contributed by atoms with Gasteiger partial charge >= 0.3 is 0 Å². The summed E-state index contributed by atoms with van der Waals surface area (Å²) < 4.78 is 2.25. The van der Waals surface area contributed by atoms with E-state index in [1.807, 2.05) is 19.9 Å². The van der Waals surface area contributed by atoms with E-state index < -0.39 is 0 Å². The third kappa shape index (κ3) is 2.69. The summed E-state index contributed by atoms with van der Waals surface area (Å²) in [6.45, 7) is 5.55. The van der Waals surface area contributed by atoms with Gasteiger partial charge in [-0.25, -0.2) is 0 Å². The van der Waals surface area contributed by atoms with Crippen LogP contribution in [-0.2, 0) is 0 Å². The van der Waals surface area contributed by atoms with Crippen LogP contribution in [0.15, 0.2) is 30.3 Å². The lowest BCUT2D eigenvalue weighted by Crippen LogP contribution is -2.13. The van der Waals surface area contributed by atoms with E-state index in [2.05, 4.69) is 9.88 Å². The van der Waals surface area contributed by atoms with Crippen LogP contribution in [-0.4, -0.2) is 16.3 Å². The molecule has 1 aromatic heterocycles. The van der Waals surface area contributed by atoms with Crippen LogP contribution in [0, 0.1) is 13.8 Å². The van der Waals surface area contributed by atoms with Crippen LogP contribution in [0.2, 0.25) is 0 Å². The molecule has 0 spiro atoms. The maximum atomic E-state index is 12.5. The number of aryl methyl sites for hydroxylation is 1. The molecule has 0 saturated heterocycles. The maximum absolute atomic E-state index is 12.5. The Morgan fingerprint density at radius 2 is 1.91 bits per heavy atom. The van der Waals surface area contributed by atoms with Gasteiger partial charge in [-0.15, -0.1) is 0 Å². The van der Waals surface area contributed by atoms with Gasteiger partial charge in [-0.3, -0.25) is 9.59 Å². The number of nitrogens with zero attached hydrogens (tertiary/aromatic N) is 1. The molecule has 1 heterocycles. The number of hydrogen-bond donors (Lipinski definition) is 1. The number of benzene rings is 1. The maximum Gasteiger partial charge on any atom is 0.257 e. The molecule has 2 aromatic rings. The van der Waals surface area contributed by atoms with Gasteiger partial charge in [0.05, 0.1) is 5.56 Å². The highest BCUT2D eigenvalue weighted by Crippen LogP contribution is 2.38. The third-order valence-corrected chi connectivity index (χ3v) is 4.17. The fourth-order valence-corrected chi connectivity index (χ4v) is 2.92. The molecule has 1 fully saturated rings. The number of aromatic nitrogens is 1.